The van der Waals surface area contributed by atoms with Crippen molar-refractivity contribution in [3.8, 4) is 6.07 Å². The van der Waals surface area contributed by atoms with Crippen molar-refractivity contribution in [2.75, 3.05) is 0 Å². The molecule has 0 heterocycles. The molecule has 1 fully saturated rings. The van der Waals surface area contributed by atoms with Gasteiger partial charge in [0.1, 0.15) is 11.4 Å². The van der Waals surface area contributed by atoms with E-state index in [2.05, 4.69) is 11.4 Å². The SMILES string of the molecule is N#CC1(NC(=O)c2cc(Cl)ccc2F)CCCC1. The summed E-state index contributed by atoms with van der Waals surface area (Å²) in [5.74, 6) is -1.22. The van der Waals surface area contributed by atoms with Gasteiger partial charge < -0.3 is 5.32 Å². The molecule has 2 rings (SSSR count). The summed E-state index contributed by atoms with van der Waals surface area (Å²) in [5, 5.41) is 12.1. The average Bonchev–Trinajstić information content (AvgIpc) is 2.81. The average molecular weight is 267 g/mol. The quantitative estimate of drug-likeness (QED) is 0.894. The van der Waals surface area contributed by atoms with E-state index in [1.807, 2.05) is 0 Å². The van der Waals surface area contributed by atoms with E-state index in [9.17, 15) is 9.18 Å². The number of nitrogens with zero attached hydrogens (tertiary/aromatic N) is 1. The number of carbonyl (C=O) groups is 1. The monoisotopic (exact) mass is 266 g/mol. The Kier molecular flexibility index (Phi) is 3.53. The van der Waals surface area contributed by atoms with Gasteiger partial charge in [0.2, 0.25) is 0 Å². The number of amides is 1. The summed E-state index contributed by atoms with van der Waals surface area (Å²) in [7, 11) is 0. The first kappa shape index (κ1) is 12.8. The Labute approximate surface area is 110 Å². The van der Waals surface area contributed by atoms with Crippen molar-refractivity contribution < 1.29 is 9.18 Å². The number of hydrogen-bond donors (Lipinski definition) is 1. The van der Waals surface area contributed by atoms with Crippen molar-refractivity contribution in [3.63, 3.8) is 0 Å². The highest BCUT2D eigenvalue weighted by atomic mass is 35.5. The lowest BCUT2D eigenvalue weighted by molar-refractivity contribution is 0.0916. The molecule has 1 N–H and O–H groups in total. The first-order chi connectivity index (χ1) is 8.56. The minimum absolute atomic E-state index is 0.121. The molecule has 0 unspecified atom stereocenters. The van der Waals surface area contributed by atoms with Gasteiger partial charge in [0, 0.05) is 5.02 Å². The predicted molar refractivity (Wildman–Crippen MR) is 65.7 cm³/mol. The summed E-state index contributed by atoms with van der Waals surface area (Å²) in [6.07, 6.45) is 3.01. The summed E-state index contributed by atoms with van der Waals surface area (Å²) in [6, 6.07) is 5.92. The molecule has 0 aromatic heterocycles. The van der Waals surface area contributed by atoms with Crippen LogP contribution in [0.15, 0.2) is 18.2 Å². The van der Waals surface area contributed by atoms with E-state index in [1.54, 1.807) is 0 Å². The lowest BCUT2D eigenvalue weighted by Crippen LogP contribution is -2.45. The van der Waals surface area contributed by atoms with Crippen LogP contribution in [0.1, 0.15) is 36.0 Å². The number of carbonyl (C=O) groups excluding carboxylic acids is 1. The summed E-state index contributed by atoms with van der Waals surface area (Å²) in [6.45, 7) is 0. The van der Waals surface area contributed by atoms with Crippen LogP contribution in [0.3, 0.4) is 0 Å². The van der Waals surface area contributed by atoms with Gasteiger partial charge in [-0.25, -0.2) is 4.39 Å². The van der Waals surface area contributed by atoms with Crippen LogP contribution in [-0.4, -0.2) is 11.4 Å². The van der Waals surface area contributed by atoms with Crippen molar-refractivity contribution in [1.29, 1.82) is 5.26 Å². The van der Waals surface area contributed by atoms with Gasteiger partial charge in [0.05, 0.1) is 11.6 Å². The van der Waals surface area contributed by atoms with Gasteiger partial charge in [-0.2, -0.15) is 5.26 Å². The third kappa shape index (κ3) is 2.46. The molecule has 3 nitrogen and oxygen atoms in total. The van der Waals surface area contributed by atoms with E-state index < -0.39 is 17.3 Å². The van der Waals surface area contributed by atoms with Gasteiger partial charge in [0.25, 0.3) is 5.91 Å². The largest absolute Gasteiger partial charge is 0.334 e. The summed E-state index contributed by atoms with van der Waals surface area (Å²) in [4.78, 5) is 12.0. The second-order valence-corrected chi connectivity index (χ2v) is 4.92. The number of nitriles is 1. The Hall–Kier alpha value is -1.60. The van der Waals surface area contributed by atoms with Crippen molar-refractivity contribution in [2.45, 2.75) is 31.2 Å². The zero-order valence-electron chi connectivity index (χ0n) is 9.67. The molecule has 1 aliphatic rings. The van der Waals surface area contributed by atoms with Crippen LogP contribution in [0.2, 0.25) is 5.02 Å². The fraction of sp³-hybridized carbons (Fsp3) is 0.385. The fourth-order valence-electron chi connectivity index (χ4n) is 2.20. The van der Waals surface area contributed by atoms with Crippen LogP contribution < -0.4 is 5.32 Å². The van der Waals surface area contributed by atoms with Gasteiger partial charge in [-0.1, -0.05) is 11.6 Å². The van der Waals surface area contributed by atoms with Crippen molar-refractivity contribution >= 4 is 17.5 Å². The molecule has 18 heavy (non-hydrogen) atoms. The highest BCUT2D eigenvalue weighted by molar-refractivity contribution is 6.31. The first-order valence-corrected chi connectivity index (χ1v) is 6.13. The van der Waals surface area contributed by atoms with E-state index in [1.165, 1.54) is 12.1 Å². The molecule has 1 amide bonds. The Morgan fingerprint density at radius 2 is 2.11 bits per heavy atom. The number of halogens is 2. The third-order valence-corrected chi connectivity index (χ3v) is 3.43. The highest BCUT2D eigenvalue weighted by Crippen LogP contribution is 2.29. The van der Waals surface area contributed by atoms with Crippen LogP contribution in [0.4, 0.5) is 4.39 Å². The number of benzene rings is 1. The summed E-state index contributed by atoms with van der Waals surface area (Å²) >= 11 is 5.73. The van der Waals surface area contributed by atoms with Crippen molar-refractivity contribution in [1.82, 2.24) is 5.32 Å². The van der Waals surface area contributed by atoms with Gasteiger partial charge in [0.15, 0.2) is 0 Å². The number of nitrogens with one attached hydrogen (secondary N) is 1. The maximum atomic E-state index is 13.5. The molecule has 0 bridgehead atoms. The molecular weight excluding hydrogens is 255 g/mol. The second kappa shape index (κ2) is 4.95. The molecule has 0 spiro atoms. The molecule has 1 aliphatic carbocycles. The number of hydrogen-bond acceptors (Lipinski definition) is 2. The van der Waals surface area contributed by atoms with Crippen LogP contribution in [-0.2, 0) is 0 Å². The molecule has 5 heteroatoms. The molecular formula is C13H12ClFN2O. The van der Waals surface area contributed by atoms with E-state index >= 15 is 0 Å². The van der Waals surface area contributed by atoms with Gasteiger partial charge in [-0.3, -0.25) is 4.79 Å². The lowest BCUT2D eigenvalue weighted by atomic mass is 9.99. The zero-order chi connectivity index (χ0) is 13.2. The summed E-state index contributed by atoms with van der Waals surface area (Å²) in [5.41, 5.74) is -0.977. The lowest BCUT2D eigenvalue weighted by Gasteiger charge is -2.22. The topological polar surface area (TPSA) is 52.9 Å². The predicted octanol–water partition coefficient (Wildman–Crippen LogP) is 3.05. The van der Waals surface area contributed by atoms with Crippen LogP contribution >= 0.6 is 11.6 Å². The first-order valence-electron chi connectivity index (χ1n) is 5.75. The van der Waals surface area contributed by atoms with E-state index in [4.69, 9.17) is 16.9 Å². The van der Waals surface area contributed by atoms with Gasteiger partial charge in [-0.05, 0) is 43.9 Å². The Morgan fingerprint density at radius 3 is 2.72 bits per heavy atom. The van der Waals surface area contributed by atoms with E-state index in [-0.39, 0.29) is 5.56 Å². The molecule has 0 saturated heterocycles. The fourth-order valence-corrected chi connectivity index (χ4v) is 2.37. The minimum atomic E-state index is -0.855. The highest BCUT2D eigenvalue weighted by Gasteiger charge is 2.36. The third-order valence-electron chi connectivity index (χ3n) is 3.20. The Morgan fingerprint density at radius 1 is 1.44 bits per heavy atom. The minimum Gasteiger partial charge on any atom is -0.334 e. The van der Waals surface area contributed by atoms with Crippen LogP contribution in [0.5, 0.6) is 0 Å². The molecule has 1 aromatic carbocycles. The van der Waals surface area contributed by atoms with E-state index in [0.29, 0.717) is 17.9 Å². The normalized spacial score (nSPS) is 17.2. The van der Waals surface area contributed by atoms with Crippen molar-refractivity contribution in [2.24, 2.45) is 0 Å². The standard InChI is InChI=1S/C13H12ClFN2O/c14-9-3-4-11(15)10(7-9)12(18)17-13(8-16)5-1-2-6-13/h3-4,7H,1-2,5-6H2,(H,17,18). The smallest absolute Gasteiger partial charge is 0.255 e. The molecule has 0 radical (unpaired) electrons. The Balaban J connectivity index is 2.22. The van der Waals surface area contributed by atoms with Gasteiger partial charge in [-0.15, -0.1) is 0 Å². The molecule has 1 aromatic rings. The van der Waals surface area contributed by atoms with Crippen LogP contribution in [0, 0.1) is 17.1 Å². The van der Waals surface area contributed by atoms with E-state index in [0.717, 1.165) is 18.9 Å². The summed E-state index contributed by atoms with van der Waals surface area (Å²) < 4.78 is 13.5. The zero-order valence-corrected chi connectivity index (χ0v) is 10.4. The van der Waals surface area contributed by atoms with Crippen molar-refractivity contribution in [3.05, 3.63) is 34.6 Å². The Bertz CT molecular complexity index is 518. The molecule has 94 valence electrons. The second-order valence-electron chi connectivity index (χ2n) is 4.48. The molecule has 1 saturated carbocycles. The maximum absolute atomic E-state index is 13.5. The number of rotatable bonds is 2. The molecule has 0 aliphatic heterocycles. The van der Waals surface area contributed by atoms with Crippen LogP contribution in [0.25, 0.3) is 0 Å². The maximum Gasteiger partial charge on any atom is 0.255 e. The molecule has 0 atom stereocenters. The van der Waals surface area contributed by atoms with Gasteiger partial charge >= 0.3 is 0 Å².